The van der Waals surface area contributed by atoms with E-state index in [1.54, 1.807) is 48.5 Å². The first-order chi connectivity index (χ1) is 15.4. The third-order valence-corrected chi connectivity index (χ3v) is 6.46. The third kappa shape index (κ3) is 3.55. The number of hydrogen-bond donors (Lipinski definition) is 0. The lowest BCUT2D eigenvalue weighted by molar-refractivity contribution is 0.472. The van der Waals surface area contributed by atoms with Gasteiger partial charge in [0.1, 0.15) is 10.5 Å². The van der Waals surface area contributed by atoms with Gasteiger partial charge in [-0.2, -0.15) is 8.42 Å². The fourth-order valence-corrected chi connectivity index (χ4v) is 4.59. The molecule has 0 radical (unpaired) electrons. The first-order valence-corrected chi connectivity index (χ1v) is 11.4. The van der Waals surface area contributed by atoms with Gasteiger partial charge in [-0.15, -0.1) is 0 Å². The minimum Gasteiger partial charge on any atom is -0.452 e. The molecule has 0 saturated carbocycles. The zero-order valence-corrected chi connectivity index (χ0v) is 17.9. The summed E-state index contributed by atoms with van der Waals surface area (Å²) in [5.74, 6) is -0.293. The number of aryl methyl sites for hydroxylation is 1. The predicted molar refractivity (Wildman–Crippen MR) is 124 cm³/mol. The van der Waals surface area contributed by atoms with Crippen molar-refractivity contribution in [2.24, 2.45) is 0 Å². The summed E-state index contributed by atoms with van der Waals surface area (Å²) in [5, 5.41) is 1.90. The Balaban J connectivity index is 1.71. The molecule has 0 aliphatic rings. The predicted octanol–water partition coefficient (Wildman–Crippen LogP) is 5.69. The Bertz CT molecular complexity index is 1630. The average molecular weight is 442 g/mol. The highest BCUT2D eigenvalue weighted by Gasteiger charge is 2.25. The Kier molecular flexibility index (Phi) is 4.79. The maximum Gasteiger partial charge on any atom is 0.339 e. The molecular formula is C26H18O5S. The van der Waals surface area contributed by atoms with Crippen molar-refractivity contribution in [1.29, 1.82) is 0 Å². The van der Waals surface area contributed by atoms with Crippen LogP contribution < -0.4 is 9.61 Å². The molecule has 1 aromatic heterocycles. The van der Waals surface area contributed by atoms with Crippen molar-refractivity contribution in [2.45, 2.75) is 11.8 Å². The van der Waals surface area contributed by atoms with Crippen LogP contribution in [0.5, 0.6) is 5.75 Å². The Morgan fingerprint density at radius 3 is 2.28 bits per heavy atom. The van der Waals surface area contributed by atoms with Gasteiger partial charge >= 0.3 is 10.1 Å². The van der Waals surface area contributed by atoms with Gasteiger partial charge in [0.05, 0.1) is 5.39 Å². The van der Waals surface area contributed by atoms with E-state index in [0.717, 1.165) is 16.3 Å². The molecule has 158 valence electrons. The van der Waals surface area contributed by atoms with E-state index in [-0.39, 0.29) is 21.8 Å². The molecule has 0 bridgehead atoms. The van der Waals surface area contributed by atoms with Crippen molar-refractivity contribution >= 4 is 31.9 Å². The first kappa shape index (κ1) is 20.0. The van der Waals surface area contributed by atoms with Gasteiger partial charge in [-0.3, -0.25) is 4.79 Å². The van der Waals surface area contributed by atoms with Gasteiger partial charge in [0.2, 0.25) is 11.2 Å². The molecule has 0 atom stereocenters. The van der Waals surface area contributed by atoms with E-state index in [1.165, 1.54) is 12.1 Å². The van der Waals surface area contributed by atoms with Crippen LogP contribution in [0.2, 0.25) is 0 Å². The van der Waals surface area contributed by atoms with Crippen LogP contribution in [0.1, 0.15) is 5.56 Å². The fourth-order valence-electron chi connectivity index (χ4n) is 3.62. The van der Waals surface area contributed by atoms with Crippen molar-refractivity contribution in [3.8, 4) is 17.1 Å². The van der Waals surface area contributed by atoms with Gasteiger partial charge in [-0.25, -0.2) is 0 Å². The summed E-state index contributed by atoms with van der Waals surface area (Å²) in [6.45, 7) is 1.89. The lowest BCUT2D eigenvalue weighted by atomic mass is 10.1. The second-order valence-corrected chi connectivity index (χ2v) is 9.05. The Morgan fingerprint density at radius 2 is 1.50 bits per heavy atom. The van der Waals surface area contributed by atoms with Gasteiger partial charge in [0.15, 0.2) is 5.76 Å². The highest BCUT2D eigenvalue weighted by atomic mass is 32.2. The highest BCUT2D eigenvalue weighted by Crippen LogP contribution is 2.33. The van der Waals surface area contributed by atoms with E-state index in [9.17, 15) is 13.2 Å². The van der Waals surface area contributed by atoms with Crippen LogP contribution in [0.25, 0.3) is 33.1 Å². The quantitative estimate of drug-likeness (QED) is 0.334. The van der Waals surface area contributed by atoms with Crippen molar-refractivity contribution in [3.05, 3.63) is 107 Å². The molecule has 5 nitrogen and oxygen atoms in total. The van der Waals surface area contributed by atoms with Gasteiger partial charge in [-0.05, 0) is 47.5 Å². The number of benzene rings is 4. The molecule has 5 rings (SSSR count). The first-order valence-electron chi connectivity index (χ1n) is 9.98. The van der Waals surface area contributed by atoms with Gasteiger partial charge in [-0.1, -0.05) is 66.7 Å². The molecular weight excluding hydrogens is 424 g/mol. The average Bonchev–Trinajstić information content (AvgIpc) is 2.81. The maximum absolute atomic E-state index is 13.3. The maximum atomic E-state index is 13.3. The van der Waals surface area contributed by atoms with Crippen LogP contribution in [0, 0.1) is 6.92 Å². The molecule has 5 aromatic rings. The molecule has 0 fully saturated rings. The summed E-state index contributed by atoms with van der Waals surface area (Å²) in [6.07, 6.45) is 0. The van der Waals surface area contributed by atoms with Crippen molar-refractivity contribution in [1.82, 2.24) is 0 Å². The third-order valence-electron chi connectivity index (χ3n) is 5.24. The minimum atomic E-state index is -4.29. The molecule has 0 spiro atoms. The van der Waals surface area contributed by atoms with Crippen LogP contribution >= 0.6 is 0 Å². The molecule has 4 aromatic carbocycles. The summed E-state index contributed by atoms with van der Waals surface area (Å²) < 4.78 is 37.8. The molecule has 32 heavy (non-hydrogen) atoms. The molecule has 0 unspecified atom stereocenters. The van der Waals surface area contributed by atoms with E-state index < -0.39 is 15.5 Å². The molecule has 0 aliphatic heterocycles. The van der Waals surface area contributed by atoms with Crippen molar-refractivity contribution in [2.75, 3.05) is 0 Å². The smallest absolute Gasteiger partial charge is 0.339 e. The Labute approximate surface area is 184 Å². The summed E-state index contributed by atoms with van der Waals surface area (Å²) in [6, 6.07) is 26.1. The van der Waals surface area contributed by atoms with E-state index in [0.29, 0.717) is 11.1 Å². The number of hydrogen-bond acceptors (Lipinski definition) is 5. The van der Waals surface area contributed by atoms with Crippen molar-refractivity contribution < 1.29 is 17.0 Å². The minimum absolute atomic E-state index is 0.0429. The van der Waals surface area contributed by atoms with Crippen LogP contribution in [-0.2, 0) is 10.1 Å². The second-order valence-electron chi connectivity index (χ2n) is 7.50. The summed E-state index contributed by atoms with van der Waals surface area (Å²) >= 11 is 0. The van der Waals surface area contributed by atoms with Crippen LogP contribution in [-0.4, -0.2) is 8.42 Å². The lowest BCUT2D eigenvalue weighted by Gasteiger charge is -2.12. The van der Waals surface area contributed by atoms with E-state index in [2.05, 4.69) is 0 Å². The Morgan fingerprint density at radius 1 is 0.781 bits per heavy atom. The van der Waals surface area contributed by atoms with E-state index in [1.807, 2.05) is 37.3 Å². The van der Waals surface area contributed by atoms with Crippen molar-refractivity contribution in [3.63, 3.8) is 0 Å². The topological polar surface area (TPSA) is 73.6 Å². The van der Waals surface area contributed by atoms with E-state index in [4.69, 9.17) is 8.60 Å². The second kappa shape index (κ2) is 7.66. The summed E-state index contributed by atoms with van der Waals surface area (Å²) in [7, 11) is -4.29. The van der Waals surface area contributed by atoms with Gasteiger partial charge in [0.25, 0.3) is 0 Å². The lowest BCUT2D eigenvalue weighted by Crippen LogP contribution is -2.17. The van der Waals surface area contributed by atoms with Crippen LogP contribution in [0.3, 0.4) is 0 Å². The highest BCUT2D eigenvalue weighted by molar-refractivity contribution is 7.87. The van der Waals surface area contributed by atoms with Gasteiger partial charge < -0.3 is 8.60 Å². The standard InChI is InChI=1S/C26H18O5S/c1-17-11-14-22-23(15-17)30-25(19-8-3-2-4-9-19)26(24(22)27)31-32(28,29)21-13-12-18-7-5-6-10-20(18)16-21/h2-16H,1H3. The fraction of sp³-hybridized carbons (Fsp3) is 0.0385. The summed E-state index contributed by atoms with van der Waals surface area (Å²) in [5.41, 5.74) is 1.27. The summed E-state index contributed by atoms with van der Waals surface area (Å²) in [4.78, 5) is 13.3. The molecule has 0 saturated heterocycles. The van der Waals surface area contributed by atoms with E-state index >= 15 is 0 Å². The molecule has 6 heteroatoms. The van der Waals surface area contributed by atoms with Crippen LogP contribution in [0.4, 0.5) is 0 Å². The normalized spacial score (nSPS) is 11.7. The van der Waals surface area contributed by atoms with Crippen LogP contribution in [0.15, 0.2) is 105 Å². The molecule has 0 aliphatic carbocycles. The number of fused-ring (bicyclic) bond motifs is 2. The zero-order chi connectivity index (χ0) is 22.3. The number of rotatable bonds is 4. The SMILES string of the molecule is Cc1ccc2c(=O)c(OS(=O)(=O)c3ccc4ccccc4c3)c(-c3ccccc3)oc2c1. The molecule has 0 N–H and O–H groups in total. The molecule has 1 heterocycles. The largest absolute Gasteiger partial charge is 0.452 e. The van der Waals surface area contributed by atoms with Gasteiger partial charge in [0, 0.05) is 5.56 Å². The Hall–Kier alpha value is -3.90. The zero-order valence-electron chi connectivity index (χ0n) is 17.1. The molecule has 0 amide bonds. The monoisotopic (exact) mass is 442 g/mol.